The summed E-state index contributed by atoms with van der Waals surface area (Å²) in [6.07, 6.45) is 6.02. The summed E-state index contributed by atoms with van der Waals surface area (Å²) in [6.45, 7) is 12.6. The number of aliphatic hydroxyl groups excluding tert-OH is 1. The SMILES string of the molecule is CC(C)=CCCC1=C2C(CC3(C)C2CCC2C4(C)CCC(=O)C(C)C4C(O)C(=O)C23C)OC1=O. The molecule has 0 aromatic heterocycles. The number of carbonyl (C=O) groups is 3. The van der Waals surface area contributed by atoms with Gasteiger partial charge >= 0.3 is 5.97 Å². The Balaban J connectivity index is 1.57. The summed E-state index contributed by atoms with van der Waals surface area (Å²) in [5.74, 6) is -0.470. The first-order valence-electron chi connectivity index (χ1n) is 13.2. The van der Waals surface area contributed by atoms with Gasteiger partial charge in [-0.3, -0.25) is 9.59 Å². The van der Waals surface area contributed by atoms with E-state index in [9.17, 15) is 19.5 Å². The van der Waals surface area contributed by atoms with Gasteiger partial charge in [0.2, 0.25) is 0 Å². The zero-order valence-corrected chi connectivity index (χ0v) is 21.6. The highest BCUT2D eigenvalue weighted by atomic mass is 16.5. The van der Waals surface area contributed by atoms with Gasteiger partial charge in [0, 0.05) is 29.2 Å². The van der Waals surface area contributed by atoms with Gasteiger partial charge in [-0.15, -0.1) is 0 Å². The van der Waals surface area contributed by atoms with Gasteiger partial charge in [0.15, 0.2) is 5.78 Å². The van der Waals surface area contributed by atoms with Crippen LogP contribution in [0.25, 0.3) is 0 Å². The highest BCUT2D eigenvalue weighted by Crippen LogP contribution is 2.73. The van der Waals surface area contributed by atoms with Crippen molar-refractivity contribution in [3.63, 3.8) is 0 Å². The average molecular weight is 469 g/mol. The van der Waals surface area contributed by atoms with E-state index in [-0.39, 0.29) is 58.1 Å². The maximum atomic E-state index is 14.1. The first-order chi connectivity index (χ1) is 15.9. The molecule has 1 heterocycles. The maximum Gasteiger partial charge on any atom is 0.334 e. The Morgan fingerprint density at radius 1 is 1.15 bits per heavy atom. The highest BCUT2D eigenvalue weighted by Gasteiger charge is 2.74. The highest BCUT2D eigenvalue weighted by molar-refractivity contribution is 5.95. The van der Waals surface area contributed by atoms with Crippen molar-refractivity contribution in [1.82, 2.24) is 0 Å². The van der Waals surface area contributed by atoms with E-state index in [2.05, 4.69) is 40.7 Å². The van der Waals surface area contributed by atoms with Crippen molar-refractivity contribution in [1.29, 1.82) is 0 Å². The Labute approximate surface area is 203 Å². The number of ketones is 2. The molecule has 0 saturated heterocycles. The molecule has 4 saturated carbocycles. The second kappa shape index (κ2) is 7.62. The zero-order chi connectivity index (χ0) is 24.8. The monoisotopic (exact) mass is 468 g/mol. The standard InChI is InChI=1S/C29H40O5/c1-15(2)8-7-9-17-22-18-10-11-21-27(4)13-12-19(30)16(3)23(27)24(31)25(32)29(21,6)28(18,5)14-20(22)34-26(17)33/h8,16,18,20-21,23-24,31H,7,9-14H2,1-6H3. The third-order valence-corrected chi connectivity index (χ3v) is 11.2. The number of allylic oxidation sites excluding steroid dienone is 2. The summed E-state index contributed by atoms with van der Waals surface area (Å²) < 4.78 is 5.91. The number of fused-ring (bicyclic) bond motifs is 7. The number of esters is 1. The van der Waals surface area contributed by atoms with E-state index in [1.54, 1.807) is 0 Å². The van der Waals surface area contributed by atoms with E-state index in [1.165, 1.54) is 5.57 Å². The predicted octanol–water partition coefficient (Wildman–Crippen LogP) is 4.96. The normalized spacial score (nSPS) is 47.6. The number of hydrogen-bond donors (Lipinski definition) is 1. The first kappa shape index (κ1) is 24.0. The molecule has 1 N–H and O–H groups in total. The Hall–Kier alpha value is -1.75. The number of Topliss-reactive ketones (excluding diaryl/α,β-unsaturated/α-hetero) is 2. The van der Waals surface area contributed by atoms with Gasteiger partial charge in [0.05, 0.1) is 0 Å². The smallest absolute Gasteiger partial charge is 0.334 e. The fourth-order valence-corrected chi connectivity index (χ4v) is 9.36. The van der Waals surface area contributed by atoms with Crippen LogP contribution in [0.5, 0.6) is 0 Å². The molecule has 0 spiro atoms. The third kappa shape index (κ3) is 2.85. The lowest BCUT2D eigenvalue weighted by molar-refractivity contribution is -0.213. The van der Waals surface area contributed by atoms with Crippen molar-refractivity contribution in [3.8, 4) is 0 Å². The molecule has 0 aromatic carbocycles. The molecule has 34 heavy (non-hydrogen) atoms. The fraction of sp³-hybridized carbons (Fsp3) is 0.759. The average Bonchev–Trinajstić information content (AvgIpc) is 3.21. The molecular formula is C29H40O5. The van der Waals surface area contributed by atoms with Crippen molar-refractivity contribution in [3.05, 3.63) is 22.8 Å². The molecule has 5 rings (SSSR count). The quantitative estimate of drug-likeness (QED) is 0.468. The van der Waals surface area contributed by atoms with Gasteiger partial charge in [-0.2, -0.15) is 0 Å². The van der Waals surface area contributed by atoms with E-state index in [4.69, 9.17) is 4.74 Å². The predicted molar refractivity (Wildman–Crippen MR) is 129 cm³/mol. The maximum absolute atomic E-state index is 14.1. The van der Waals surface area contributed by atoms with Crippen LogP contribution in [0.4, 0.5) is 0 Å². The minimum atomic E-state index is -1.12. The second-order valence-corrected chi connectivity index (χ2v) is 12.8. The number of hydrogen-bond acceptors (Lipinski definition) is 5. The van der Waals surface area contributed by atoms with Crippen molar-refractivity contribution in [2.24, 2.45) is 39.9 Å². The lowest BCUT2D eigenvalue weighted by Gasteiger charge is -2.67. The molecule has 4 fully saturated rings. The van der Waals surface area contributed by atoms with Crippen molar-refractivity contribution in [2.45, 2.75) is 98.7 Å². The van der Waals surface area contributed by atoms with Crippen molar-refractivity contribution < 1.29 is 24.2 Å². The number of ether oxygens (including phenoxy) is 1. The fourth-order valence-electron chi connectivity index (χ4n) is 9.36. The third-order valence-electron chi connectivity index (χ3n) is 11.2. The minimum Gasteiger partial charge on any atom is -0.454 e. The van der Waals surface area contributed by atoms with E-state index in [0.29, 0.717) is 19.3 Å². The summed E-state index contributed by atoms with van der Waals surface area (Å²) in [6, 6.07) is 0. The Bertz CT molecular complexity index is 1020. The van der Waals surface area contributed by atoms with E-state index >= 15 is 0 Å². The van der Waals surface area contributed by atoms with Crippen LogP contribution in [0, 0.1) is 39.9 Å². The Morgan fingerprint density at radius 3 is 2.53 bits per heavy atom. The van der Waals surface area contributed by atoms with Crippen LogP contribution < -0.4 is 0 Å². The van der Waals surface area contributed by atoms with Crippen molar-refractivity contribution >= 4 is 17.5 Å². The molecule has 1 aliphatic heterocycles. The zero-order valence-electron chi connectivity index (χ0n) is 21.6. The molecular weight excluding hydrogens is 428 g/mol. The minimum absolute atomic E-state index is 0.0910. The molecule has 186 valence electrons. The largest absolute Gasteiger partial charge is 0.454 e. The lowest BCUT2D eigenvalue weighted by Crippen LogP contribution is -2.69. The molecule has 0 aromatic rings. The molecule has 0 radical (unpaired) electrons. The molecule has 5 aliphatic rings. The molecule has 0 bridgehead atoms. The van der Waals surface area contributed by atoms with Crippen molar-refractivity contribution in [2.75, 3.05) is 0 Å². The Kier molecular flexibility index (Phi) is 5.37. The summed E-state index contributed by atoms with van der Waals surface area (Å²) in [4.78, 5) is 39.5. The van der Waals surface area contributed by atoms with Gasteiger partial charge in [-0.05, 0) is 80.6 Å². The molecule has 0 amide bonds. The van der Waals surface area contributed by atoms with Gasteiger partial charge < -0.3 is 9.84 Å². The van der Waals surface area contributed by atoms with Crippen LogP contribution in [0.1, 0.15) is 86.5 Å². The van der Waals surface area contributed by atoms with Gasteiger partial charge in [-0.25, -0.2) is 4.79 Å². The van der Waals surface area contributed by atoms with Crippen LogP contribution in [0.2, 0.25) is 0 Å². The summed E-state index contributed by atoms with van der Waals surface area (Å²) in [5, 5.41) is 11.4. The lowest BCUT2D eigenvalue weighted by atomic mass is 9.36. The molecule has 5 nitrogen and oxygen atoms in total. The number of carbonyl (C=O) groups excluding carboxylic acids is 3. The van der Waals surface area contributed by atoms with Gasteiger partial charge in [0.1, 0.15) is 18.0 Å². The molecule has 9 atom stereocenters. The van der Waals surface area contributed by atoms with E-state index in [1.807, 2.05) is 6.92 Å². The van der Waals surface area contributed by atoms with Crippen LogP contribution >= 0.6 is 0 Å². The summed E-state index contributed by atoms with van der Waals surface area (Å²) in [5.41, 5.74) is 1.85. The molecule has 5 heteroatoms. The topological polar surface area (TPSA) is 80.7 Å². The number of aliphatic hydroxyl groups is 1. The van der Waals surface area contributed by atoms with Gasteiger partial charge in [0.25, 0.3) is 0 Å². The summed E-state index contributed by atoms with van der Waals surface area (Å²) >= 11 is 0. The molecule has 4 aliphatic carbocycles. The van der Waals surface area contributed by atoms with Gasteiger partial charge in [-0.1, -0.05) is 39.3 Å². The Morgan fingerprint density at radius 2 is 1.85 bits per heavy atom. The van der Waals surface area contributed by atoms with Crippen LogP contribution in [-0.2, 0) is 19.1 Å². The van der Waals surface area contributed by atoms with E-state index in [0.717, 1.165) is 36.8 Å². The molecule has 9 unspecified atom stereocenters. The van der Waals surface area contributed by atoms with E-state index < -0.39 is 11.5 Å². The van der Waals surface area contributed by atoms with Crippen LogP contribution in [0.15, 0.2) is 22.8 Å². The first-order valence-corrected chi connectivity index (χ1v) is 13.2. The van der Waals surface area contributed by atoms with Crippen LogP contribution in [0.3, 0.4) is 0 Å². The second-order valence-electron chi connectivity index (χ2n) is 12.8. The summed E-state index contributed by atoms with van der Waals surface area (Å²) in [7, 11) is 0. The van der Waals surface area contributed by atoms with Crippen LogP contribution in [-0.4, -0.2) is 34.9 Å². The number of rotatable bonds is 3.